The number of amides is 1. The monoisotopic (exact) mass is 264 g/mol. The van der Waals surface area contributed by atoms with E-state index in [1.165, 1.54) is 17.1 Å². The smallest absolute Gasteiger partial charge is 0.352 e. The number of rotatable bonds is 4. The van der Waals surface area contributed by atoms with E-state index in [0.29, 0.717) is 5.92 Å². The summed E-state index contributed by atoms with van der Waals surface area (Å²) in [5.74, 6) is -0.470. The van der Waals surface area contributed by atoms with Crippen molar-refractivity contribution in [3.05, 3.63) is 24.0 Å². The zero-order valence-electron chi connectivity index (χ0n) is 11.1. The lowest BCUT2D eigenvalue weighted by molar-refractivity contribution is -0.122. The summed E-state index contributed by atoms with van der Waals surface area (Å²) < 4.78 is 1.46. The van der Waals surface area contributed by atoms with Gasteiger partial charge in [0.2, 0.25) is 5.91 Å². The molecule has 1 amide bonds. The van der Waals surface area contributed by atoms with Crippen LogP contribution in [-0.2, 0) is 11.3 Å². The van der Waals surface area contributed by atoms with Crippen molar-refractivity contribution in [2.45, 2.75) is 45.2 Å². The van der Waals surface area contributed by atoms with E-state index in [9.17, 15) is 9.59 Å². The number of carbonyl (C=O) groups is 2. The van der Waals surface area contributed by atoms with Crippen LogP contribution >= 0.6 is 0 Å². The van der Waals surface area contributed by atoms with E-state index in [0.717, 1.165) is 19.3 Å². The average Bonchev–Trinajstić information content (AvgIpc) is 2.76. The molecule has 2 N–H and O–H groups in total. The minimum absolute atomic E-state index is 0.0690. The molecule has 5 heteroatoms. The molecule has 0 saturated heterocycles. The molecule has 19 heavy (non-hydrogen) atoms. The first kappa shape index (κ1) is 13.6. The molecule has 5 nitrogen and oxygen atoms in total. The number of nitrogens with one attached hydrogen (secondary N) is 1. The van der Waals surface area contributed by atoms with Gasteiger partial charge in [-0.3, -0.25) is 4.79 Å². The van der Waals surface area contributed by atoms with Crippen molar-refractivity contribution in [1.29, 1.82) is 0 Å². The Kier molecular flexibility index (Phi) is 4.24. The summed E-state index contributed by atoms with van der Waals surface area (Å²) in [4.78, 5) is 22.9. The zero-order valence-corrected chi connectivity index (χ0v) is 11.1. The molecular formula is C14H20N2O3. The summed E-state index contributed by atoms with van der Waals surface area (Å²) in [7, 11) is 0. The highest BCUT2D eigenvalue weighted by molar-refractivity contribution is 5.86. The van der Waals surface area contributed by atoms with Gasteiger partial charge >= 0.3 is 5.97 Å². The number of aromatic nitrogens is 1. The van der Waals surface area contributed by atoms with Gasteiger partial charge in [-0.1, -0.05) is 19.8 Å². The van der Waals surface area contributed by atoms with E-state index in [2.05, 4.69) is 12.2 Å². The molecule has 1 aromatic rings. The van der Waals surface area contributed by atoms with Crippen LogP contribution in [0.5, 0.6) is 0 Å². The molecule has 104 valence electrons. The summed E-state index contributed by atoms with van der Waals surface area (Å²) in [5.41, 5.74) is 0.146. The molecule has 1 fully saturated rings. The van der Waals surface area contributed by atoms with Crippen LogP contribution in [0.3, 0.4) is 0 Å². The lowest BCUT2D eigenvalue weighted by Crippen LogP contribution is -2.39. The predicted octanol–water partition coefficient (Wildman–Crippen LogP) is 1.88. The van der Waals surface area contributed by atoms with E-state index in [-0.39, 0.29) is 24.2 Å². The Labute approximate surface area is 112 Å². The largest absolute Gasteiger partial charge is 0.477 e. The standard InChI is InChI=1S/C14H20N2O3/c1-10-4-2-5-11(8-10)15-13(17)9-16-7-3-6-12(16)14(18)19/h3,6-7,10-11H,2,4-5,8-9H2,1H3,(H,15,17)(H,18,19). The molecule has 1 heterocycles. The van der Waals surface area contributed by atoms with Gasteiger partial charge in [-0.2, -0.15) is 0 Å². The second-order valence-electron chi connectivity index (χ2n) is 5.36. The summed E-state index contributed by atoms with van der Waals surface area (Å²) in [6, 6.07) is 3.37. The molecule has 2 unspecified atom stereocenters. The van der Waals surface area contributed by atoms with Gasteiger partial charge in [0.05, 0.1) is 0 Å². The third-order valence-electron chi connectivity index (χ3n) is 3.66. The molecular weight excluding hydrogens is 244 g/mol. The fourth-order valence-electron chi connectivity index (χ4n) is 2.74. The molecule has 2 atom stereocenters. The van der Waals surface area contributed by atoms with E-state index in [1.807, 2.05) is 0 Å². The van der Waals surface area contributed by atoms with Gasteiger partial charge in [0.25, 0.3) is 0 Å². The van der Waals surface area contributed by atoms with Crippen molar-refractivity contribution in [3.8, 4) is 0 Å². The van der Waals surface area contributed by atoms with Crippen molar-refractivity contribution in [2.24, 2.45) is 5.92 Å². The molecule has 0 aromatic carbocycles. The van der Waals surface area contributed by atoms with Gasteiger partial charge in [-0.15, -0.1) is 0 Å². The third-order valence-corrected chi connectivity index (χ3v) is 3.66. The molecule has 2 rings (SSSR count). The number of aromatic carboxylic acids is 1. The number of carboxylic acid groups (broad SMARTS) is 1. The lowest BCUT2D eigenvalue weighted by atomic mass is 9.87. The Morgan fingerprint density at radius 3 is 2.95 bits per heavy atom. The van der Waals surface area contributed by atoms with Crippen molar-refractivity contribution in [3.63, 3.8) is 0 Å². The van der Waals surface area contributed by atoms with Gasteiger partial charge in [-0.05, 0) is 30.9 Å². The summed E-state index contributed by atoms with van der Waals surface area (Å²) in [5, 5.41) is 12.0. The van der Waals surface area contributed by atoms with Crippen LogP contribution in [0.2, 0.25) is 0 Å². The van der Waals surface area contributed by atoms with Crippen molar-refractivity contribution in [1.82, 2.24) is 9.88 Å². The molecule has 1 aliphatic carbocycles. The highest BCUT2D eigenvalue weighted by Gasteiger charge is 2.21. The minimum atomic E-state index is -1.01. The lowest BCUT2D eigenvalue weighted by Gasteiger charge is -2.27. The van der Waals surface area contributed by atoms with Crippen LogP contribution in [0.1, 0.15) is 43.1 Å². The first-order valence-electron chi connectivity index (χ1n) is 6.74. The fraction of sp³-hybridized carbons (Fsp3) is 0.571. The van der Waals surface area contributed by atoms with Gasteiger partial charge < -0.3 is 15.0 Å². The highest BCUT2D eigenvalue weighted by atomic mass is 16.4. The van der Waals surface area contributed by atoms with Gasteiger partial charge in [-0.25, -0.2) is 4.79 Å². The maximum Gasteiger partial charge on any atom is 0.352 e. The van der Waals surface area contributed by atoms with E-state index >= 15 is 0 Å². The van der Waals surface area contributed by atoms with Gasteiger partial charge in [0.1, 0.15) is 12.2 Å². The van der Waals surface area contributed by atoms with Crippen LogP contribution < -0.4 is 5.32 Å². The second kappa shape index (κ2) is 5.91. The number of hydrogen-bond donors (Lipinski definition) is 2. The van der Waals surface area contributed by atoms with Crippen LogP contribution in [0, 0.1) is 5.92 Å². The van der Waals surface area contributed by atoms with Crippen LogP contribution in [0.15, 0.2) is 18.3 Å². The van der Waals surface area contributed by atoms with Crippen LogP contribution in [0.4, 0.5) is 0 Å². The molecule has 1 aromatic heterocycles. The van der Waals surface area contributed by atoms with Crippen molar-refractivity contribution in [2.75, 3.05) is 0 Å². The maximum absolute atomic E-state index is 11.9. The van der Waals surface area contributed by atoms with E-state index < -0.39 is 5.97 Å². The topological polar surface area (TPSA) is 71.3 Å². The Hall–Kier alpha value is -1.78. The number of nitrogens with zero attached hydrogens (tertiary/aromatic N) is 1. The number of carbonyl (C=O) groups excluding carboxylic acids is 1. The molecule has 0 aliphatic heterocycles. The third kappa shape index (κ3) is 3.59. The first-order chi connectivity index (χ1) is 9.06. The number of carboxylic acids is 1. The normalized spacial score (nSPS) is 23.0. The second-order valence-corrected chi connectivity index (χ2v) is 5.36. The van der Waals surface area contributed by atoms with E-state index in [1.54, 1.807) is 12.3 Å². The molecule has 1 saturated carbocycles. The summed E-state index contributed by atoms with van der Waals surface area (Å²) in [6.07, 6.45) is 6.03. The van der Waals surface area contributed by atoms with Crippen LogP contribution in [-0.4, -0.2) is 27.6 Å². The molecule has 0 radical (unpaired) electrons. The highest BCUT2D eigenvalue weighted by Crippen LogP contribution is 2.23. The summed E-state index contributed by atoms with van der Waals surface area (Å²) >= 11 is 0. The van der Waals surface area contributed by atoms with Gasteiger partial charge in [0, 0.05) is 12.2 Å². The number of hydrogen-bond acceptors (Lipinski definition) is 2. The Morgan fingerprint density at radius 2 is 2.26 bits per heavy atom. The first-order valence-corrected chi connectivity index (χ1v) is 6.74. The Balaban J connectivity index is 1.90. The molecule has 0 spiro atoms. The van der Waals surface area contributed by atoms with Crippen molar-refractivity contribution < 1.29 is 14.7 Å². The minimum Gasteiger partial charge on any atom is -0.477 e. The Bertz CT molecular complexity index is 467. The SMILES string of the molecule is CC1CCCC(NC(=O)Cn2cccc2C(=O)O)C1. The Morgan fingerprint density at radius 1 is 1.47 bits per heavy atom. The average molecular weight is 264 g/mol. The van der Waals surface area contributed by atoms with Gasteiger partial charge in [0.15, 0.2) is 0 Å². The predicted molar refractivity (Wildman–Crippen MR) is 71.0 cm³/mol. The maximum atomic E-state index is 11.9. The van der Waals surface area contributed by atoms with Crippen molar-refractivity contribution >= 4 is 11.9 Å². The van der Waals surface area contributed by atoms with Crippen LogP contribution in [0.25, 0.3) is 0 Å². The summed E-state index contributed by atoms with van der Waals surface area (Å²) in [6.45, 7) is 2.27. The quantitative estimate of drug-likeness (QED) is 0.872. The zero-order chi connectivity index (χ0) is 13.8. The molecule has 1 aliphatic rings. The fourth-order valence-corrected chi connectivity index (χ4v) is 2.74. The molecule has 0 bridgehead atoms. The van der Waals surface area contributed by atoms with E-state index in [4.69, 9.17) is 5.11 Å².